The van der Waals surface area contributed by atoms with Gasteiger partial charge in [-0.15, -0.1) is 0 Å². The zero-order valence-electron chi connectivity index (χ0n) is 15.7. The van der Waals surface area contributed by atoms with Crippen molar-refractivity contribution >= 4 is 5.91 Å². The highest BCUT2D eigenvalue weighted by molar-refractivity contribution is 5.76. The summed E-state index contributed by atoms with van der Waals surface area (Å²) in [5.41, 5.74) is 3.67. The topological polar surface area (TPSA) is 68.0 Å². The summed E-state index contributed by atoms with van der Waals surface area (Å²) in [7, 11) is 1.98. The number of aromatic nitrogens is 4. The summed E-state index contributed by atoms with van der Waals surface area (Å²) in [5.74, 6) is 0.829. The SMILES string of the molecule is Cc1c(CN2Cc3ccnn3CC[C@@H]2CNC(=O)CC2CC2)cnn1C. The van der Waals surface area contributed by atoms with Gasteiger partial charge >= 0.3 is 0 Å². The van der Waals surface area contributed by atoms with Crippen LogP contribution in [0.15, 0.2) is 18.5 Å². The summed E-state index contributed by atoms with van der Waals surface area (Å²) in [6, 6.07) is 2.40. The third-order valence-electron chi connectivity index (χ3n) is 5.78. The van der Waals surface area contributed by atoms with Gasteiger partial charge in [-0.1, -0.05) is 0 Å². The van der Waals surface area contributed by atoms with Crippen molar-refractivity contribution in [2.24, 2.45) is 13.0 Å². The van der Waals surface area contributed by atoms with Crippen LogP contribution in [0.5, 0.6) is 0 Å². The van der Waals surface area contributed by atoms with Crippen LogP contribution < -0.4 is 5.32 Å². The maximum Gasteiger partial charge on any atom is 0.220 e. The standard InChI is InChI=1S/C19H28N6O/c1-14-16(10-22-23(14)2)12-24-13-18-5-7-21-25(18)8-6-17(24)11-20-19(26)9-15-3-4-15/h5,7,10,15,17H,3-4,6,8-9,11-13H2,1-2H3,(H,20,26)/t17-/m1/s1. The van der Waals surface area contributed by atoms with Crippen molar-refractivity contribution < 1.29 is 4.79 Å². The third-order valence-corrected chi connectivity index (χ3v) is 5.78. The fraction of sp³-hybridized carbons (Fsp3) is 0.632. The molecule has 0 saturated heterocycles. The highest BCUT2D eigenvalue weighted by atomic mass is 16.1. The number of hydrogen-bond donors (Lipinski definition) is 1. The largest absolute Gasteiger partial charge is 0.355 e. The van der Waals surface area contributed by atoms with Gasteiger partial charge in [-0.2, -0.15) is 10.2 Å². The van der Waals surface area contributed by atoms with E-state index in [1.54, 1.807) is 0 Å². The molecule has 1 aliphatic carbocycles. The summed E-state index contributed by atoms with van der Waals surface area (Å²) in [6.45, 7) is 5.39. The van der Waals surface area contributed by atoms with Crippen LogP contribution in [0.1, 0.15) is 42.6 Å². The molecule has 2 aromatic heterocycles. The number of nitrogens with zero attached hydrogens (tertiary/aromatic N) is 5. The number of rotatable bonds is 6. The molecular formula is C19H28N6O. The minimum absolute atomic E-state index is 0.201. The summed E-state index contributed by atoms with van der Waals surface area (Å²) in [4.78, 5) is 14.6. The zero-order valence-corrected chi connectivity index (χ0v) is 15.7. The Kier molecular flexibility index (Phi) is 4.80. The highest BCUT2D eigenvalue weighted by Gasteiger charge is 2.27. The van der Waals surface area contributed by atoms with Crippen LogP contribution in [0.4, 0.5) is 0 Å². The Balaban J connectivity index is 1.46. The minimum Gasteiger partial charge on any atom is -0.355 e. The maximum atomic E-state index is 12.2. The van der Waals surface area contributed by atoms with E-state index < -0.39 is 0 Å². The minimum atomic E-state index is 0.201. The Morgan fingerprint density at radius 2 is 2.15 bits per heavy atom. The fourth-order valence-electron chi connectivity index (χ4n) is 3.71. The van der Waals surface area contributed by atoms with E-state index in [1.807, 2.05) is 24.1 Å². The van der Waals surface area contributed by atoms with Gasteiger partial charge in [0.25, 0.3) is 0 Å². The van der Waals surface area contributed by atoms with Crippen molar-refractivity contribution in [2.45, 2.75) is 58.3 Å². The van der Waals surface area contributed by atoms with Gasteiger partial charge in [-0.3, -0.25) is 19.1 Å². The number of nitrogens with one attached hydrogen (secondary N) is 1. The van der Waals surface area contributed by atoms with E-state index in [9.17, 15) is 4.79 Å². The molecule has 1 atom stereocenters. The van der Waals surface area contributed by atoms with Gasteiger partial charge in [0.15, 0.2) is 0 Å². The van der Waals surface area contributed by atoms with Crippen LogP contribution in [-0.4, -0.2) is 43.0 Å². The van der Waals surface area contributed by atoms with Crippen molar-refractivity contribution in [1.29, 1.82) is 0 Å². The first kappa shape index (κ1) is 17.3. The van der Waals surface area contributed by atoms with Crippen LogP contribution in [0, 0.1) is 12.8 Å². The first-order chi connectivity index (χ1) is 12.6. The Labute approximate surface area is 154 Å². The zero-order chi connectivity index (χ0) is 18.1. The van der Waals surface area contributed by atoms with E-state index in [-0.39, 0.29) is 5.91 Å². The van der Waals surface area contributed by atoms with Crippen LogP contribution in [0.2, 0.25) is 0 Å². The average molecular weight is 356 g/mol. The van der Waals surface area contributed by atoms with Crippen LogP contribution >= 0.6 is 0 Å². The molecule has 0 radical (unpaired) electrons. The number of carbonyl (C=O) groups is 1. The molecule has 7 heteroatoms. The average Bonchev–Trinajstić information content (AvgIpc) is 3.28. The van der Waals surface area contributed by atoms with E-state index in [1.165, 1.54) is 29.8 Å². The molecule has 2 aliphatic rings. The molecule has 1 amide bonds. The summed E-state index contributed by atoms with van der Waals surface area (Å²) in [5, 5.41) is 12.0. The Bertz CT molecular complexity index is 775. The normalized spacial score (nSPS) is 20.6. The van der Waals surface area contributed by atoms with Crippen molar-refractivity contribution in [2.75, 3.05) is 6.54 Å². The van der Waals surface area contributed by atoms with E-state index in [2.05, 4.69) is 38.1 Å². The molecule has 1 fully saturated rings. The smallest absolute Gasteiger partial charge is 0.220 e. The summed E-state index contributed by atoms with van der Waals surface area (Å²) >= 11 is 0. The van der Waals surface area contributed by atoms with E-state index in [0.29, 0.717) is 24.9 Å². The first-order valence-electron chi connectivity index (χ1n) is 9.59. The molecule has 26 heavy (non-hydrogen) atoms. The number of hydrogen-bond acceptors (Lipinski definition) is 4. The fourth-order valence-corrected chi connectivity index (χ4v) is 3.71. The van der Waals surface area contributed by atoms with Crippen molar-refractivity contribution in [1.82, 2.24) is 29.8 Å². The molecule has 4 rings (SSSR count). The maximum absolute atomic E-state index is 12.2. The number of amides is 1. The van der Waals surface area contributed by atoms with Gasteiger partial charge in [0.05, 0.1) is 11.9 Å². The number of aryl methyl sites for hydroxylation is 2. The van der Waals surface area contributed by atoms with Gasteiger partial charge in [0, 0.05) is 63.1 Å². The van der Waals surface area contributed by atoms with Gasteiger partial charge < -0.3 is 5.32 Å². The number of carbonyl (C=O) groups excluding carboxylic acids is 1. The molecule has 0 spiro atoms. The summed E-state index contributed by atoms with van der Waals surface area (Å²) in [6.07, 6.45) is 7.93. The number of fused-ring (bicyclic) bond motifs is 1. The van der Waals surface area contributed by atoms with Gasteiger partial charge in [-0.05, 0) is 38.2 Å². The van der Waals surface area contributed by atoms with Crippen molar-refractivity contribution in [3.63, 3.8) is 0 Å². The molecule has 1 aliphatic heterocycles. The molecular weight excluding hydrogens is 328 g/mol. The van der Waals surface area contributed by atoms with E-state index in [4.69, 9.17) is 0 Å². The molecule has 2 aromatic rings. The van der Waals surface area contributed by atoms with Crippen LogP contribution in [0.25, 0.3) is 0 Å². The predicted octanol–water partition coefficient (Wildman–Crippen LogP) is 1.62. The molecule has 0 aromatic carbocycles. The lowest BCUT2D eigenvalue weighted by Gasteiger charge is -2.29. The molecule has 1 saturated carbocycles. The van der Waals surface area contributed by atoms with Gasteiger partial charge in [0.1, 0.15) is 0 Å². The quantitative estimate of drug-likeness (QED) is 0.854. The molecule has 1 N–H and O–H groups in total. The lowest BCUT2D eigenvalue weighted by Crippen LogP contribution is -2.43. The lowest BCUT2D eigenvalue weighted by atomic mass is 10.1. The second-order valence-electron chi connectivity index (χ2n) is 7.72. The molecule has 3 heterocycles. The lowest BCUT2D eigenvalue weighted by molar-refractivity contribution is -0.121. The summed E-state index contributed by atoms with van der Waals surface area (Å²) < 4.78 is 4.01. The van der Waals surface area contributed by atoms with E-state index >= 15 is 0 Å². The predicted molar refractivity (Wildman–Crippen MR) is 98.2 cm³/mol. The van der Waals surface area contributed by atoms with Crippen LogP contribution in [0.3, 0.4) is 0 Å². The van der Waals surface area contributed by atoms with Gasteiger partial charge in [0.2, 0.25) is 5.91 Å². The Morgan fingerprint density at radius 1 is 1.31 bits per heavy atom. The van der Waals surface area contributed by atoms with Crippen molar-refractivity contribution in [3.8, 4) is 0 Å². The molecule has 0 unspecified atom stereocenters. The monoisotopic (exact) mass is 356 g/mol. The molecule has 7 nitrogen and oxygen atoms in total. The highest BCUT2D eigenvalue weighted by Crippen LogP contribution is 2.32. The van der Waals surface area contributed by atoms with Crippen LogP contribution in [-0.2, 0) is 31.5 Å². The second kappa shape index (κ2) is 7.23. The third kappa shape index (κ3) is 3.82. The molecule has 0 bridgehead atoms. The second-order valence-corrected chi connectivity index (χ2v) is 7.72. The van der Waals surface area contributed by atoms with Crippen molar-refractivity contribution in [3.05, 3.63) is 35.4 Å². The Hall–Kier alpha value is -2.15. The first-order valence-corrected chi connectivity index (χ1v) is 9.59. The Morgan fingerprint density at radius 3 is 2.88 bits per heavy atom. The molecule has 140 valence electrons. The van der Waals surface area contributed by atoms with Gasteiger partial charge in [-0.25, -0.2) is 0 Å². The van der Waals surface area contributed by atoms with E-state index in [0.717, 1.165) is 26.1 Å².